The van der Waals surface area contributed by atoms with Gasteiger partial charge in [-0.05, 0) is 25.5 Å². The molecular weight excluding hydrogens is 234 g/mol. The molecule has 6 heteroatoms. The van der Waals surface area contributed by atoms with Crippen molar-refractivity contribution >= 4 is 17.1 Å². The summed E-state index contributed by atoms with van der Waals surface area (Å²) >= 11 is 0. The molecule has 0 radical (unpaired) electrons. The molecule has 1 aromatic carbocycles. The van der Waals surface area contributed by atoms with E-state index in [0.29, 0.717) is 30.9 Å². The molecule has 1 heterocycles. The van der Waals surface area contributed by atoms with Gasteiger partial charge in [0.25, 0.3) is 0 Å². The predicted octanol–water partition coefficient (Wildman–Crippen LogP) is 1.60. The van der Waals surface area contributed by atoms with Gasteiger partial charge in [0.05, 0.1) is 10.5 Å². The van der Waals surface area contributed by atoms with E-state index in [2.05, 4.69) is 5.32 Å². The second kappa shape index (κ2) is 4.45. The van der Waals surface area contributed by atoms with Crippen molar-refractivity contribution < 1.29 is 10.0 Å². The lowest BCUT2D eigenvalue weighted by atomic mass is 10.1. The zero-order valence-electron chi connectivity index (χ0n) is 10.5. The average molecular weight is 251 g/mol. The van der Waals surface area contributed by atoms with Crippen LogP contribution in [0.1, 0.15) is 13.3 Å². The van der Waals surface area contributed by atoms with E-state index in [1.54, 1.807) is 32.2 Å². The van der Waals surface area contributed by atoms with Crippen LogP contribution in [0.15, 0.2) is 18.2 Å². The fourth-order valence-corrected chi connectivity index (χ4v) is 2.33. The van der Waals surface area contributed by atoms with Gasteiger partial charge in [0.15, 0.2) is 0 Å². The van der Waals surface area contributed by atoms with E-state index in [4.69, 9.17) is 0 Å². The minimum atomic E-state index is -0.774. The van der Waals surface area contributed by atoms with Gasteiger partial charge in [-0.2, -0.15) is 0 Å². The molecule has 1 aliphatic heterocycles. The molecule has 0 spiro atoms. The first-order chi connectivity index (χ1) is 8.44. The zero-order chi connectivity index (χ0) is 13.3. The molecule has 0 saturated carbocycles. The van der Waals surface area contributed by atoms with E-state index in [9.17, 15) is 15.2 Å². The maximum absolute atomic E-state index is 11.2. The summed E-state index contributed by atoms with van der Waals surface area (Å²) in [5.74, 6) is 0. The summed E-state index contributed by atoms with van der Waals surface area (Å²) < 4.78 is 0. The van der Waals surface area contributed by atoms with Crippen LogP contribution in [0.3, 0.4) is 0 Å². The fourth-order valence-electron chi connectivity index (χ4n) is 2.33. The van der Waals surface area contributed by atoms with Crippen molar-refractivity contribution in [1.82, 2.24) is 0 Å². The summed E-state index contributed by atoms with van der Waals surface area (Å²) in [4.78, 5) is 12.7. The Morgan fingerprint density at radius 1 is 1.56 bits per heavy atom. The van der Waals surface area contributed by atoms with Crippen LogP contribution < -0.4 is 10.2 Å². The van der Waals surface area contributed by atoms with Crippen LogP contribution in [0.25, 0.3) is 0 Å². The highest BCUT2D eigenvalue weighted by Crippen LogP contribution is 2.38. The fraction of sp³-hybridized carbons (Fsp3) is 0.500. The van der Waals surface area contributed by atoms with Crippen molar-refractivity contribution in [2.45, 2.75) is 18.9 Å². The normalized spacial score (nSPS) is 23.2. The van der Waals surface area contributed by atoms with Crippen molar-refractivity contribution in [3.63, 3.8) is 0 Å². The first-order valence-corrected chi connectivity index (χ1v) is 5.87. The number of aliphatic hydroxyl groups is 1. The zero-order valence-corrected chi connectivity index (χ0v) is 10.5. The van der Waals surface area contributed by atoms with E-state index in [1.165, 1.54) is 0 Å². The first kappa shape index (κ1) is 12.6. The average Bonchev–Trinajstić information content (AvgIpc) is 2.68. The van der Waals surface area contributed by atoms with E-state index >= 15 is 0 Å². The van der Waals surface area contributed by atoms with Gasteiger partial charge in [0.2, 0.25) is 0 Å². The smallest absolute Gasteiger partial charge is 0.315 e. The van der Waals surface area contributed by atoms with Crippen LogP contribution in [0.5, 0.6) is 0 Å². The molecule has 1 aliphatic rings. The third-order valence-corrected chi connectivity index (χ3v) is 3.26. The lowest BCUT2D eigenvalue weighted by molar-refractivity contribution is -0.383. The molecule has 1 atom stereocenters. The van der Waals surface area contributed by atoms with Gasteiger partial charge in [-0.25, -0.2) is 0 Å². The molecule has 18 heavy (non-hydrogen) atoms. The van der Waals surface area contributed by atoms with Crippen LogP contribution in [0.4, 0.5) is 17.1 Å². The van der Waals surface area contributed by atoms with E-state index in [0.717, 1.165) is 0 Å². The molecule has 2 N–H and O–H groups in total. The van der Waals surface area contributed by atoms with Gasteiger partial charge in [0, 0.05) is 20.1 Å². The Labute approximate surface area is 105 Å². The molecule has 1 aromatic rings. The summed E-state index contributed by atoms with van der Waals surface area (Å²) in [6.07, 6.45) is 0.619. The second-order valence-corrected chi connectivity index (χ2v) is 4.85. The number of anilines is 2. The molecule has 0 bridgehead atoms. The van der Waals surface area contributed by atoms with Crippen LogP contribution in [0.2, 0.25) is 0 Å². The van der Waals surface area contributed by atoms with E-state index in [1.807, 2.05) is 4.90 Å². The number of benzene rings is 1. The molecule has 1 saturated heterocycles. The topological polar surface area (TPSA) is 78.6 Å². The summed E-state index contributed by atoms with van der Waals surface area (Å²) in [6, 6.07) is 5.18. The molecule has 2 rings (SSSR count). The summed E-state index contributed by atoms with van der Waals surface area (Å²) in [5, 5.41) is 24.0. The van der Waals surface area contributed by atoms with Gasteiger partial charge < -0.3 is 15.3 Å². The maximum Gasteiger partial charge on any atom is 0.315 e. The number of nitrogens with zero attached hydrogens (tertiary/aromatic N) is 2. The number of nitrogens with one attached hydrogen (secondary N) is 1. The molecule has 0 aliphatic carbocycles. The van der Waals surface area contributed by atoms with Crippen molar-refractivity contribution in [3.8, 4) is 0 Å². The van der Waals surface area contributed by atoms with Crippen molar-refractivity contribution in [2.24, 2.45) is 0 Å². The highest BCUT2D eigenvalue weighted by molar-refractivity contribution is 5.77. The predicted molar refractivity (Wildman–Crippen MR) is 70.1 cm³/mol. The third kappa shape index (κ3) is 2.24. The summed E-state index contributed by atoms with van der Waals surface area (Å²) in [5.41, 5.74) is 0.343. The van der Waals surface area contributed by atoms with Crippen LogP contribution in [0, 0.1) is 10.1 Å². The van der Waals surface area contributed by atoms with Gasteiger partial charge >= 0.3 is 5.69 Å². The number of para-hydroxylation sites is 1. The van der Waals surface area contributed by atoms with Crippen molar-refractivity contribution in [3.05, 3.63) is 28.3 Å². The summed E-state index contributed by atoms with van der Waals surface area (Å²) in [7, 11) is 1.66. The highest BCUT2D eigenvalue weighted by atomic mass is 16.6. The number of rotatable bonds is 3. The van der Waals surface area contributed by atoms with Gasteiger partial charge in [-0.3, -0.25) is 10.1 Å². The molecule has 0 aromatic heterocycles. The molecular formula is C12H17N3O3. The Kier molecular flexibility index (Phi) is 3.13. The van der Waals surface area contributed by atoms with E-state index in [-0.39, 0.29) is 10.6 Å². The monoisotopic (exact) mass is 251 g/mol. The Morgan fingerprint density at radius 3 is 2.78 bits per heavy atom. The number of hydrogen-bond donors (Lipinski definition) is 2. The Hall–Kier alpha value is -1.82. The quantitative estimate of drug-likeness (QED) is 0.630. The van der Waals surface area contributed by atoms with Gasteiger partial charge in [-0.1, -0.05) is 6.07 Å². The molecule has 1 unspecified atom stereocenters. The van der Waals surface area contributed by atoms with Crippen LogP contribution in [-0.4, -0.2) is 35.8 Å². The SMILES string of the molecule is CNc1cccc(N2CCC(C)(O)C2)c1[N+](=O)[O-]. The Morgan fingerprint density at radius 2 is 2.28 bits per heavy atom. The number of nitro benzene ring substituents is 1. The third-order valence-electron chi connectivity index (χ3n) is 3.26. The van der Waals surface area contributed by atoms with Crippen molar-refractivity contribution in [1.29, 1.82) is 0 Å². The molecule has 98 valence electrons. The Bertz CT molecular complexity index is 474. The second-order valence-electron chi connectivity index (χ2n) is 4.85. The van der Waals surface area contributed by atoms with Gasteiger partial charge in [-0.15, -0.1) is 0 Å². The highest BCUT2D eigenvalue weighted by Gasteiger charge is 2.34. The van der Waals surface area contributed by atoms with Crippen LogP contribution in [-0.2, 0) is 0 Å². The van der Waals surface area contributed by atoms with Gasteiger partial charge in [0.1, 0.15) is 11.4 Å². The maximum atomic E-state index is 11.2. The minimum absolute atomic E-state index is 0.0673. The lowest BCUT2D eigenvalue weighted by Crippen LogP contribution is -2.29. The standard InChI is InChI=1S/C12H17N3O3/c1-12(16)6-7-14(8-12)10-5-3-4-9(13-2)11(10)15(17)18/h3-5,13,16H,6-8H2,1-2H3. The molecule has 0 amide bonds. The lowest BCUT2D eigenvalue weighted by Gasteiger charge is -2.21. The van der Waals surface area contributed by atoms with E-state index < -0.39 is 5.60 Å². The Balaban J connectivity index is 2.42. The first-order valence-electron chi connectivity index (χ1n) is 5.87. The summed E-state index contributed by atoms with van der Waals surface area (Å²) in [6.45, 7) is 2.79. The minimum Gasteiger partial charge on any atom is -0.388 e. The molecule has 6 nitrogen and oxygen atoms in total. The van der Waals surface area contributed by atoms with Crippen molar-refractivity contribution in [2.75, 3.05) is 30.4 Å². The molecule has 1 fully saturated rings. The number of hydrogen-bond acceptors (Lipinski definition) is 5. The number of nitro groups is 1. The largest absolute Gasteiger partial charge is 0.388 e. The van der Waals surface area contributed by atoms with Crippen LogP contribution >= 0.6 is 0 Å². The number of β-amino-alcohol motifs (C(OH)–C–C–N with tert-alkyl or cyclic N) is 1.